The SMILES string of the molecule is O=C(CCn1cnnn1)Nc1ccc(Cl)nc1. The fraction of sp³-hybridized carbons (Fsp3) is 0.222. The zero-order chi connectivity index (χ0) is 12.1. The lowest BCUT2D eigenvalue weighted by atomic mass is 10.3. The highest BCUT2D eigenvalue weighted by atomic mass is 35.5. The van der Waals surface area contributed by atoms with Crippen molar-refractivity contribution in [2.75, 3.05) is 5.32 Å². The number of amides is 1. The van der Waals surface area contributed by atoms with Crippen molar-refractivity contribution in [3.8, 4) is 0 Å². The first-order chi connectivity index (χ1) is 8.24. The fourth-order valence-corrected chi connectivity index (χ4v) is 1.28. The van der Waals surface area contributed by atoms with Gasteiger partial charge in [-0.05, 0) is 22.6 Å². The number of hydrogen-bond donors (Lipinski definition) is 1. The van der Waals surface area contributed by atoms with Crippen LogP contribution in [-0.4, -0.2) is 31.1 Å². The van der Waals surface area contributed by atoms with Gasteiger partial charge < -0.3 is 5.32 Å². The van der Waals surface area contributed by atoms with Crippen LogP contribution in [0, 0.1) is 0 Å². The van der Waals surface area contributed by atoms with Crippen molar-refractivity contribution in [3.63, 3.8) is 0 Å². The molecule has 0 radical (unpaired) electrons. The Labute approximate surface area is 102 Å². The van der Waals surface area contributed by atoms with E-state index in [1.54, 1.807) is 12.1 Å². The van der Waals surface area contributed by atoms with Crippen LogP contribution in [0.2, 0.25) is 5.15 Å². The van der Waals surface area contributed by atoms with Gasteiger partial charge in [0.25, 0.3) is 0 Å². The molecule has 88 valence electrons. The molecule has 0 atom stereocenters. The van der Waals surface area contributed by atoms with E-state index in [0.29, 0.717) is 17.4 Å². The summed E-state index contributed by atoms with van der Waals surface area (Å²) < 4.78 is 1.49. The predicted octanol–water partition coefficient (Wildman–Crippen LogP) is 0.750. The highest BCUT2D eigenvalue weighted by Gasteiger charge is 2.03. The van der Waals surface area contributed by atoms with Crippen LogP contribution in [-0.2, 0) is 11.3 Å². The Morgan fingerprint density at radius 1 is 1.47 bits per heavy atom. The maximum absolute atomic E-state index is 11.5. The van der Waals surface area contributed by atoms with Crippen molar-refractivity contribution in [3.05, 3.63) is 29.8 Å². The second kappa shape index (κ2) is 5.35. The number of hydrogen-bond acceptors (Lipinski definition) is 5. The number of rotatable bonds is 4. The molecule has 1 amide bonds. The van der Waals surface area contributed by atoms with E-state index in [-0.39, 0.29) is 12.3 Å². The van der Waals surface area contributed by atoms with E-state index in [1.165, 1.54) is 17.2 Å². The lowest BCUT2D eigenvalue weighted by Gasteiger charge is -2.04. The largest absolute Gasteiger partial charge is 0.325 e. The highest BCUT2D eigenvalue weighted by molar-refractivity contribution is 6.29. The lowest BCUT2D eigenvalue weighted by molar-refractivity contribution is -0.116. The van der Waals surface area contributed by atoms with Gasteiger partial charge in [-0.2, -0.15) is 0 Å². The van der Waals surface area contributed by atoms with Gasteiger partial charge in [-0.25, -0.2) is 9.67 Å². The van der Waals surface area contributed by atoms with E-state index in [0.717, 1.165) is 0 Å². The van der Waals surface area contributed by atoms with Crippen LogP contribution in [0.25, 0.3) is 0 Å². The minimum atomic E-state index is -0.135. The van der Waals surface area contributed by atoms with Crippen molar-refractivity contribution in [2.24, 2.45) is 0 Å². The first kappa shape index (κ1) is 11.5. The zero-order valence-corrected chi connectivity index (χ0v) is 9.50. The summed E-state index contributed by atoms with van der Waals surface area (Å²) in [5, 5.41) is 13.7. The van der Waals surface area contributed by atoms with Crippen LogP contribution in [0.15, 0.2) is 24.7 Å². The van der Waals surface area contributed by atoms with Crippen molar-refractivity contribution in [1.29, 1.82) is 0 Å². The standard InChI is InChI=1S/C9H9ClN6O/c10-8-2-1-7(5-11-8)13-9(17)3-4-16-6-12-14-15-16/h1-2,5-6H,3-4H2,(H,13,17). The smallest absolute Gasteiger partial charge is 0.226 e. The number of aryl methyl sites for hydroxylation is 1. The number of tetrazole rings is 1. The molecule has 0 aromatic carbocycles. The third-order valence-corrected chi connectivity index (χ3v) is 2.19. The van der Waals surface area contributed by atoms with E-state index >= 15 is 0 Å². The first-order valence-corrected chi connectivity index (χ1v) is 5.24. The van der Waals surface area contributed by atoms with Crippen molar-refractivity contribution in [2.45, 2.75) is 13.0 Å². The molecule has 2 heterocycles. The summed E-state index contributed by atoms with van der Waals surface area (Å²) in [4.78, 5) is 15.4. The molecule has 2 aromatic heterocycles. The third kappa shape index (κ3) is 3.49. The van der Waals surface area contributed by atoms with E-state index in [4.69, 9.17) is 11.6 Å². The summed E-state index contributed by atoms with van der Waals surface area (Å²) >= 11 is 5.63. The summed E-state index contributed by atoms with van der Waals surface area (Å²) in [7, 11) is 0. The zero-order valence-electron chi connectivity index (χ0n) is 8.75. The van der Waals surface area contributed by atoms with Gasteiger partial charge in [0.15, 0.2) is 0 Å². The summed E-state index contributed by atoms with van der Waals surface area (Å²) in [6.45, 7) is 0.430. The Morgan fingerprint density at radius 2 is 2.35 bits per heavy atom. The highest BCUT2D eigenvalue weighted by Crippen LogP contribution is 2.09. The van der Waals surface area contributed by atoms with Gasteiger partial charge in [-0.3, -0.25) is 4.79 Å². The Kier molecular flexibility index (Phi) is 3.61. The molecule has 0 saturated heterocycles. The normalized spacial score (nSPS) is 10.2. The minimum Gasteiger partial charge on any atom is -0.325 e. The number of nitrogens with zero attached hydrogens (tertiary/aromatic N) is 5. The van der Waals surface area contributed by atoms with E-state index in [1.807, 2.05) is 0 Å². The molecule has 8 heteroatoms. The molecule has 0 aliphatic rings. The van der Waals surface area contributed by atoms with Crippen molar-refractivity contribution < 1.29 is 4.79 Å². The number of anilines is 1. The molecule has 7 nitrogen and oxygen atoms in total. The number of carbonyl (C=O) groups is 1. The van der Waals surface area contributed by atoms with Gasteiger partial charge >= 0.3 is 0 Å². The maximum atomic E-state index is 11.5. The van der Waals surface area contributed by atoms with Crippen LogP contribution >= 0.6 is 11.6 Å². The number of halogens is 1. The fourth-order valence-electron chi connectivity index (χ4n) is 1.17. The molecule has 0 aliphatic carbocycles. The van der Waals surface area contributed by atoms with Crippen LogP contribution in [0.1, 0.15) is 6.42 Å². The van der Waals surface area contributed by atoms with Gasteiger partial charge in [0.2, 0.25) is 5.91 Å². The Bertz CT molecular complexity index is 483. The monoisotopic (exact) mass is 252 g/mol. The van der Waals surface area contributed by atoms with Crippen LogP contribution in [0.5, 0.6) is 0 Å². The summed E-state index contributed by atoms with van der Waals surface area (Å²) in [6.07, 6.45) is 3.24. The number of aromatic nitrogens is 5. The molecule has 0 saturated carbocycles. The quantitative estimate of drug-likeness (QED) is 0.812. The molecule has 0 unspecified atom stereocenters. The molecule has 0 fully saturated rings. The minimum absolute atomic E-state index is 0.135. The van der Waals surface area contributed by atoms with Gasteiger partial charge in [0, 0.05) is 6.42 Å². The number of pyridine rings is 1. The molecule has 17 heavy (non-hydrogen) atoms. The molecule has 0 aliphatic heterocycles. The summed E-state index contributed by atoms with van der Waals surface area (Å²) in [5.74, 6) is -0.135. The maximum Gasteiger partial charge on any atom is 0.226 e. The Morgan fingerprint density at radius 3 is 3.00 bits per heavy atom. The van der Waals surface area contributed by atoms with Gasteiger partial charge in [0.1, 0.15) is 11.5 Å². The van der Waals surface area contributed by atoms with Gasteiger partial charge in [-0.15, -0.1) is 5.10 Å². The number of nitrogens with one attached hydrogen (secondary N) is 1. The van der Waals surface area contributed by atoms with E-state index in [9.17, 15) is 4.79 Å². The third-order valence-electron chi connectivity index (χ3n) is 1.97. The molecule has 0 bridgehead atoms. The molecular formula is C9H9ClN6O. The Hall–Kier alpha value is -2.02. The van der Waals surface area contributed by atoms with Crippen LogP contribution in [0.4, 0.5) is 5.69 Å². The predicted molar refractivity (Wildman–Crippen MR) is 60.3 cm³/mol. The average Bonchev–Trinajstić information content (AvgIpc) is 2.83. The molecule has 2 rings (SSSR count). The second-order valence-electron chi connectivity index (χ2n) is 3.24. The van der Waals surface area contributed by atoms with Gasteiger partial charge in [-0.1, -0.05) is 11.6 Å². The molecule has 0 spiro atoms. The summed E-state index contributed by atoms with van der Waals surface area (Å²) in [5.41, 5.74) is 0.608. The molecular weight excluding hydrogens is 244 g/mol. The van der Waals surface area contributed by atoms with Crippen LogP contribution < -0.4 is 5.32 Å². The molecule has 2 aromatic rings. The van der Waals surface area contributed by atoms with Crippen molar-refractivity contribution >= 4 is 23.2 Å². The van der Waals surface area contributed by atoms with E-state index < -0.39 is 0 Å². The van der Waals surface area contributed by atoms with E-state index in [2.05, 4.69) is 25.8 Å². The lowest BCUT2D eigenvalue weighted by Crippen LogP contribution is -2.14. The van der Waals surface area contributed by atoms with Crippen LogP contribution in [0.3, 0.4) is 0 Å². The molecule has 1 N–H and O–H groups in total. The number of carbonyl (C=O) groups excluding carboxylic acids is 1. The first-order valence-electron chi connectivity index (χ1n) is 4.86. The second-order valence-corrected chi connectivity index (χ2v) is 3.63. The summed E-state index contributed by atoms with van der Waals surface area (Å²) in [6, 6.07) is 3.29. The average molecular weight is 253 g/mol. The Balaban J connectivity index is 1.83. The topological polar surface area (TPSA) is 85.6 Å². The van der Waals surface area contributed by atoms with Gasteiger partial charge in [0.05, 0.1) is 18.4 Å². The van der Waals surface area contributed by atoms with Crippen molar-refractivity contribution in [1.82, 2.24) is 25.2 Å².